The number of amides is 1. The highest BCUT2D eigenvalue weighted by atomic mass is 16.5. The minimum atomic E-state index is -0.0677. The Morgan fingerprint density at radius 3 is 2.90 bits per heavy atom. The highest BCUT2D eigenvalue weighted by Gasteiger charge is 2.32. The van der Waals surface area contributed by atoms with Gasteiger partial charge in [-0.3, -0.25) is 10.1 Å². The van der Waals surface area contributed by atoms with E-state index in [2.05, 4.69) is 17.4 Å². The molecule has 0 bridgehead atoms. The lowest BCUT2D eigenvalue weighted by Crippen LogP contribution is -2.37. The molecule has 2 saturated heterocycles. The summed E-state index contributed by atoms with van der Waals surface area (Å²) in [7, 11) is 0. The number of nitrogens with zero attached hydrogens (tertiary/aromatic N) is 1. The average Bonchev–Trinajstić information content (AvgIpc) is 2.83. The topological polar surface area (TPSA) is 41.6 Å². The number of ether oxygens (including phenoxy) is 1. The Morgan fingerprint density at radius 2 is 2.15 bits per heavy atom. The largest absolute Gasteiger partial charge is 0.381 e. The van der Waals surface area contributed by atoms with E-state index in [-0.39, 0.29) is 11.9 Å². The molecule has 1 aromatic rings. The minimum Gasteiger partial charge on any atom is -0.381 e. The molecule has 3 rings (SSSR count). The molecule has 1 amide bonds. The van der Waals surface area contributed by atoms with Gasteiger partial charge in [-0.15, -0.1) is 0 Å². The first-order chi connectivity index (χ1) is 9.83. The van der Waals surface area contributed by atoms with Gasteiger partial charge in [0.1, 0.15) is 0 Å². The quantitative estimate of drug-likeness (QED) is 0.902. The summed E-state index contributed by atoms with van der Waals surface area (Å²) in [5.41, 5.74) is 1.21. The van der Waals surface area contributed by atoms with Gasteiger partial charge in [-0.05, 0) is 24.8 Å². The van der Waals surface area contributed by atoms with Crippen LogP contribution < -0.4 is 5.32 Å². The van der Waals surface area contributed by atoms with E-state index in [1.807, 2.05) is 23.1 Å². The molecule has 0 saturated carbocycles. The standard InChI is InChI=1S/C16H22N2O2/c19-16-15(9-13-5-2-1-3-6-13)17-12-18(16)10-14-7-4-8-20-11-14/h1-3,5-6,14-15,17H,4,7-12H2. The zero-order valence-corrected chi connectivity index (χ0v) is 11.8. The van der Waals surface area contributed by atoms with Crippen LogP contribution in [0, 0.1) is 5.92 Å². The van der Waals surface area contributed by atoms with Gasteiger partial charge in [-0.25, -0.2) is 0 Å². The fourth-order valence-corrected chi connectivity index (χ4v) is 3.03. The molecule has 4 heteroatoms. The molecule has 0 aliphatic carbocycles. The Labute approximate surface area is 120 Å². The third-order valence-corrected chi connectivity index (χ3v) is 4.15. The van der Waals surface area contributed by atoms with Crippen molar-refractivity contribution in [1.29, 1.82) is 0 Å². The van der Waals surface area contributed by atoms with Gasteiger partial charge in [0.25, 0.3) is 0 Å². The zero-order chi connectivity index (χ0) is 13.8. The number of carbonyl (C=O) groups excluding carboxylic acids is 1. The van der Waals surface area contributed by atoms with E-state index in [0.29, 0.717) is 12.6 Å². The molecule has 0 aromatic heterocycles. The second kappa shape index (κ2) is 6.37. The van der Waals surface area contributed by atoms with Crippen molar-refractivity contribution >= 4 is 5.91 Å². The average molecular weight is 274 g/mol. The first kappa shape index (κ1) is 13.6. The van der Waals surface area contributed by atoms with Crippen LogP contribution in [0.2, 0.25) is 0 Å². The van der Waals surface area contributed by atoms with E-state index < -0.39 is 0 Å². The predicted molar refractivity (Wildman–Crippen MR) is 77.2 cm³/mol. The van der Waals surface area contributed by atoms with Crippen molar-refractivity contribution < 1.29 is 9.53 Å². The second-order valence-electron chi connectivity index (χ2n) is 5.75. The molecule has 4 nitrogen and oxygen atoms in total. The van der Waals surface area contributed by atoms with Crippen molar-refractivity contribution in [1.82, 2.24) is 10.2 Å². The van der Waals surface area contributed by atoms with Crippen molar-refractivity contribution in [2.45, 2.75) is 25.3 Å². The summed E-state index contributed by atoms with van der Waals surface area (Å²) in [4.78, 5) is 14.4. The Hall–Kier alpha value is -1.39. The van der Waals surface area contributed by atoms with Crippen molar-refractivity contribution in [2.75, 3.05) is 26.4 Å². The van der Waals surface area contributed by atoms with Crippen LogP contribution in [0.5, 0.6) is 0 Å². The van der Waals surface area contributed by atoms with Crippen molar-refractivity contribution in [3.63, 3.8) is 0 Å². The maximum atomic E-state index is 12.4. The molecule has 2 atom stereocenters. The minimum absolute atomic E-state index is 0.0677. The third-order valence-electron chi connectivity index (χ3n) is 4.15. The number of benzene rings is 1. The van der Waals surface area contributed by atoms with Gasteiger partial charge in [-0.1, -0.05) is 30.3 Å². The first-order valence-corrected chi connectivity index (χ1v) is 7.47. The Kier molecular flexibility index (Phi) is 4.33. The summed E-state index contributed by atoms with van der Waals surface area (Å²) in [6, 6.07) is 10.1. The van der Waals surface area contributed by atoms with E-state index in [9.17, 15) is 4.79 Å². The normalized spacial score (nSPS) is 27.0. The second-order valence-corrected chi connectivity index (χ2v) is 5.75. The van der Waals surface area contributed by atoms with Gasteiger partial charge < -0.3 is 9.64 Å². The molecule has 2 heterocycles. The summed E-state index contributed by atoms with van der Waals surface area (Å²) < 4.78 is 5.49. The maximum absolute atomic E-state index is 12.4. The van der Waals surface area contributed by atoms with Gasteiger partial charge in [0.2, 0.25) is 5.91 Å². The predicted octanol–water partition coefficient (Wildman–Crippen LogP) is 1.41. The van der Waals surface area contributed by atoms with Crippen molar-refractivity contribution in [3.05, 3.63) is 35.9 Å². The Morgan fingerprint density at radius 1 is 1.30 bits per heavy atom. The van der Waals surface area contributed by atoms with E-state index in [1.165, 1.54) is 12.0 Å². The Bertz CT molecular complexity index is 443. The van der Waals surface area contributed by atoms with Crippen molar-refractivity contribution in [3.8, 4) is 0 Å². The third kappa shape index (κ3) is 3.19. The summed E-state index contributed by atoms with van der Waals surface area (Å²) in [6.45, 7) is 3.18. The highest BCUT2D eigenvalue weighted by molar-refractivity contribution is 5.84. The molecule has 2 fully saturated rings. The number of rotatable bonds is 4. The molecule has 20 heavy (non-hydrogen) atoms. The van der Waals surface area contributed by atoms with Crippen LogP contribution in [0.15, 0.2) is 30.3 Å². The fourth-order valence-electron chi connectivity index (χ4n) is 3.03. The monoisotopic (exact) mass is 274 g/mol. The summed E-state index contributed by atoms with van der Waals surface area (Å²) in [5.74, 6) is 0.740. The van der Waals surface area contributed by atoms with Gasteiger partial charge in [0.05, 0.1) is 19.3 Å². The molecule has 2 aliphatic rings. The highest BCUT2D eigenvalue weighted by Crippen LogP contribution is 2.18. The van der Waals surface area contributed by atoms with Gasteiger partial charge in [0.15, 0.2) is 0 Å². The summed E-state index contributed by atoms with van der Waals surface area (Å²) in [6.07, 6.45) is 3.07. The lowest BCUT2D eigenvalue weighted by molar-refractivity contribution is -0.130. The van der Waals surface area contributed by atoms with Gasteiger partial charge in [0, 0.05) is 19.1 Å². The van der Waals surface area contributed by atoms with E-state index in [4.69, 9.17) is 4.74 Å². The first-order valence-electron chi connectivity index (χ1n) is 7.47. The number of hydrogen-bond donors (Lipinski definition) is 1. The SMILES string of the molecule is O=C1C(Cc2ccccc2)NCN1CC1CCCOC1. The molecule has 0 spiro atoms. The van der Waals surface area contributed by atoms with Crippen LogP contribution in [-0.2, 0) is 16.0 Å². The van der Waals surface area contributed by atoms with E-state index >= 15 is 0 Å². The number of carbonyl (C=O) groups is 1. The number of hydrogen-bond acceptors (Lipinski definition) is 3. The molecule has 2 unspecified atom stereocenters. The summed E-state index contributed by atoms with van der Waals surface area (Å²) >= 11 is 0. The van der Waals surface area contributed by atoms with Gasteiger partial charge >= 0.3 is 0 Å². The number of nitrogens with one attached hydrogen (secondary N) is 1. The lowest BCUT2D eigenvalue weighted by Gasteiger charge is -2.26. The molecule has 0 radical (unpaired) electrons. The van der Waals surface area contributed by atoms with Crippen LogP contribution in [0.25, 0.3) is 0 Å². The molecule has 2 aliphatic heterocycles. The van der Waals surface area contributed by atoms with Crippen LogP contribution >= 0.6 is 0 Å². The van der Waals surface area contributed by atoms with Crippen LogP contribution in [0.4, 0.5) is 0 Å². The van der Waals surface area contributed by atoms with Crippen LogP contribution in [-0.4, -0.2) is 43.3 Å². The van der Waals surface area contributed by atoms with Gasteiger partial charge in [-0.2, -0.15) is 0 Å². The molecule has 1 aromatic carbocycles. The molecule has 1 N–H and O–H groups in total. The smallest absolute Gasteiger partial charge is 0.241 e. The lowest BCUT2D eigenvalue weighted by atomic mass is 10.0. The summed E-state index contributed by atoms with van der Waals surface area (Å²) in [5, 5.41) is 3.33. The van der Waals surface area contributed by atoms with E-state index in [1.54, 1.807) is 0 Å². The van der Waals surface area contributed by atoms with Crippen LogP contribution in [0.3, 0.4) is 0 Å². The fraction of sp³-hybridized carbons (Fsp3) is 0.562. The molecular weight excluding hydrogens is 252 g/mol. The maximum Gasteiger partial charge on any atom is 0.241 e. The van der Waals surface area contributed by atoms with Crippen LogP contribution in [0.1, 0.15) is 18.4 Å². The van der Waals surface area contributed by atoms with Crippen molar-refractivity contribution in [2.24, 2.45) is 5.92 Å². The Balaban J connectivity index is 1.54. The molecular formula is C16H22N2O2. The zero-order valence-electron chi connectivity index (χ0n) is 11.8. The van der Waals surface area contributed by atoms with E-state index in [0.717, 1.165) is 32.6 Å². The molecule has 108 valence electrons.